The van der Waals surface area contributed by atoms with Crippen LogP contribution in [0.2, 0.25) is 0 Å². The Bertz CT molecular complexity index is 671. The monoisotopic (exact) mass is 354 g/mol. The van der Waals surface area contributed by atoms with Gasteiger partial charge < -0.3 is 19.3 Å². The second kappa shape index (κ2) is 5.57. The normalized spacial score (nSPS) is 14.3. The smallest absolute Gasteiger partial charge is 0.231 e. The summed E-state index contributed by atoms with van der Waals surface area (Å²) in [7, 11) is 1.56. The van der Waals surface area contributed by atoms with Gasteiger partial charge in [0.15, 0.2) is 11.5 Å². The summed E-state index contributed by atoms with van der Waals surface area (Å²) in [4.78, 5) is 0. The average Bonchev–Trinajstić information content (AvgIpc) is 3.11. The van der Waals surface area contributed by atoms with Crippen LogP contribution in [-0.2, 0) is 6.54 Å². The maximum Gasteiger partial charge on any atom is 0.231 e. The lowest BCUT2D eigenvalue weighted by molar-refractivity contribution is 0.171. The van der Waals surface area contributed by atoms with Crippen LogP contribution < -0.4 is 14.2 Å². The first-order chi connectivity index (χ1) is 10.2. The predicted molar refractivity (Wildman–Crippen MR) is 78.8 cm³/mol. The molecular weight excluding hydrogens is 340 g/mol. The van der Waals surface area contributed by atoms with Gasteiger partial charge >= 0.3 is 0 Å². The van der Waals surface area contributed by atoms with Crippen LogP contribution in [0.4, 0.5) is 0 Å². The van der Waals surface area contributed by atoms with Crippen molar-refractivity contribution in [3.63, 3.8) is 0 Å². The zero-order chi connectivity index (χ0) is 15.0. The van der Waals surface area contributed by atoms with Gasteiger partial charge in [-0.15, -0.1) is 0 Å². The molecule has 112 valence electrons. The molecule has 0 bridgehead atoms. The van der Waals surface area contributed by atoms with Gasteiger partial charge in [-0.1, -0.05) is 0 Å². The van der Waals surface area contributed by atoms with Crippen LogP contribution >= 0.6 is 15.9 Å². The largest absolute Gasteiger partial charge is 0.493 e. The van der Waals surface area contributed by atoms with Crippen molar-refractivity contribution >= 4 is 15.9 Å². The fourth-order valence-electron chi connectivity index (χ4n) is 2.36. The summed E-state index contributed by atoms with van der Waals surface area (Å²) < 4.78 is 18.5. The van der Waals surface area contributed by atoms with E-state index < -0.39 is 6.10 Å². The summed E-state index contributed by atoms with van der Waals surface area (Å²) in [6.07, 6.45) is 0.830. The number of benzene rings is 1. The van der Waals surface area contributed by atoms with E-state index in [0.717, 1.165) is 4.47 Å². The molecule has 2 heterocycles. The summed E-state index contributed by atoms with van der Waals surface area (Å²) in [5.74, 6) is 1.68. The first-order valence-electron chi connectivity index (χ1n) is 6.52. The zero-order valence-corrected chi connectivity index (χ0v) is 13.3. The minimum Gasteiger partial charge on any atom is -0.493 e. The Labute approximate surface area is 130 Å². The highest BCUT2D eigenvalue weighted by molar-refractivity contribution is 9.10. The minimum atomic E-state index is -0.842. The highest BCUT2D eigenvalue weighted by atomic mass is 79.9. The molecule has 1 N–H and O–H groups in total. The van der Waals surface area contributed by atoms with Crippen LogP contribution in [0.5, 0.6) is 17.2 Å². The molecule has 1 unspecified atom stereocenters. The van der Waals surface area contributed by atoms with Gasteiger partial charge in [-0.3, -0.25) is 4.68 Å². The SMILES string of the molecule is CCn1ncc(Br)c1C(O)c1cc(OC)c2c(c1)OCO2. The lowest BCUT2D eigenvalue weighted by atomic mass is 10.1. The number of aromatic nitrogens is 2. The lowest BCUT2D eigenvalue weighted by Gasteiger charge is -2.15. The summed E-state index contributed by atoms with van der Waals surface area (Å²) in [6, 6.07) is 3.51. The number of methoxy groups -OCH3 is 1. The van der Waals surface area contributed by atoms with E-state index in [1.165, 1.54) is 0 Å². The van der Waals surface area contributed by atoms with Crippen molar-refractivity contribution in [3.05, 3.63) is 34.1 Å². The number of fused-ring (bicyclic) bond motifs is 1. The van der Waals surface area contributed by atoms with Gasteiger partial charge in [-0.2, -0.15) is 5.10 Å². The number of aryl methyl sites for hydroxylation is 1. The molecule has 0 saturated carbocycles. The third kappa shape index (κ3) is 2.36. The summed E-state index contributed by atoms with van der Waals surface area (Å²) in [5, 5.41) is 14.9. The van der Waals surface area contributed by atoms with E-state index in [0.29, 0.717) is 35.1 Å². The van der Waals surface area contributed by atoms with Gasteiger partial charge in [0.1, 0.15) is 6.10 Å². The molecule has 0 spiro atoms. The molecule has 0 radical (unpaired) electrons. The fraction of sp³-hybridized carbons (Fsp3) is 0.357. The molecule has 1 aromatic heterocycles. The Kier molecular flexibility index (Phi) is 3.77. The average molecular weight is 355 g/mol. The molecule has 0 amide bonds. The van der Waals surface area contributed by atoms with Crippen molar-refractivity contribution in [3.8, 4) is 17.2 Å². The topological polar surface area (TPSA) is 65.7 Å². The molecule has 0 saturated heterocycles. The van der Waals surface area contributed by atoms with E-state index in [1.807, 2.05) is 6.92 Å². The predicted octanol–water partition coefficient (Wildman–Crippen LogP) is 2.48. The zero-order valence-electron chi connectivity index (χ0n) is 11.7. The lowest BCUT2D eigenvalue weighted by Crippen LogP contribution is -2.10. The fourth-order valence-corrected chi connectivity index (χ4v) is 2.87. The standard InChI is InChI=1S/C14H15BrN2O4/c1-3-17-12(9(15)6-16-17)13(18)8-4-10(19-2)14-11(5-8)20-7-21-14/h4-6,13,18H,3,7H2,1-2H3. The van der Waals surface area contributed by atoms with E-state index in [1.54, 1.807) is 30.1 Å². The molecular formula is C14H15BrN2O4. The summed E-state index contributed by atoms with van der Waals surface area (Å²) in [5.41, 5.74) is 1.35. The van der Waals surface area contributed by atoms with E-state index >= 15 is 0 Å². The van der Waals surface area contributed by atoms with Crippen LogP contribution in [0.25, 0.3) is 0 Å². The Morgan fingerprint density at radius 3 is 3.00 bits per heavy atom. The van der Waals surface area contributed by atoms with Crippen molar-refractivity contribution in [1.29, 1.82) is 0 Å². The van der Waals surface area contributed by atoms with Gasteiger partial charge in [0.05, 0.1) is 23.5 Å². The molecule has 1 aliphatic rings. The van der Waals surface area contributed by atoms with Crippen molar-refractivity contribution in [1.82, 2.24) is 9.78 Å². The molecule has 2 aromatic rings. The first kappa shape index (κ1) is 14.2. The maximum absolute atomic E-state index is 10.7. The molecule has 0 aliphatic carbocycles. The first-order valence-corrected chi connectivity index (χ1v) is 7.31. The number of hydrogen-bond acceptors (Lipinski definition) is 5. The van der Waals surface area contributed by atoms with E-state index in [9.17, 15) is 5.11 Å². The van der Waals surface area contributed by atoms with Crippen LogP contribution in [-0.4, -0.2) is 28.8 Å². The van der Waals surface area contributed by atoms with E-state index in [4.69, 9.17) is 14.2 Å². The molecule has 21 heavy (non-hydrogen) atoms. The molecule has 0 fully saturated rings. The second-order valence-corrected chi connectivity index (χ2v) is 5.41. The number of halogens is 1. The highest BCUT2D eigenvalue weighted by Crippen LogP contribution is 2.44. The van der Waals surface area contributed by atoms with E-state index in [2.05, 4.69) is 21.0 Å². The van der Waals surface area contributed by atoms with Crippen LogP contribution in [0.15, 0.2) is 22.8 Å². The van der Waals surface area contributed by atoms with Crippen LogP contribution in [0.1, 0.15) is 24.3 Å². The van der Waals surface area contributed by atoms with Crippen molar-refractivity contribution in [2.24, 2.45) is 0 Å². The molecule has 6 nitrogen and oxygen atoms in total. The highest BCUT2D eigenvalue weighted by Gasteiger charge is 2.25. The Morgan fingerprint density at radius 1 is 1.48 bits per heavy atom. The van der Waals surface area contributed by atoms with Crippen molar-refractivity contribution < 1.29 is 19.3 Å². The van der Waals surface area contributed by atoms with Gasteiger partial charge in [0.25, 0.3) is 0 Å². The third-order valence-corrected chi connectivity index (χ3v) is 4.00. The molecule has 3 rings (SSSR count). The quantitative estimate of drug-likeness (QED) is 0.913. The van der Waals surface area contributed by atoms with Gasteiger partial charge in [-0.05, 0) is 40.5 Å². The van der Waals surface area contributed by atoms with E-state index in [-0.39, 0.29) is 6.79 Å². The Balaban J connectivity index is 2.06. The molecule has 7 heteroatoms. The number of aliphatic hydroxyl groups excluding tert-OH is 1. The number of hydrogen-bond donors (Lipinski definition) is 1. The third-order valence-electron chi connectivity index (χ3n) is 3.39. The number of rotatable bonds is 4. The van der Waals surface area contributed by atoms with Gasteiger partial charge in [0.2, 0.25) is 12.5 Å². The number of aliphatic hydroxyl groups is 1. The van der Waals surface area contributed by atoms with Crippen LogP contribution in [0, 0.1) is 0 Å². The molecule has 1 atom stereocenters. The summed E-state index contributed by atoms with van der Waals surface area (Å²) >= 11 is 3.42. The molecule has 1 aliphatic heterocycles. The Hall–Kier alpha value is -1.73. The Morgan fingerprint density at radius 2 is 2.29 bits per heavy atom. The van der Waals surface area contributed by atoms with Gasteiger partial charge in [-0.25, -0.2) is 0 Å². The maximum atomic E-state index is 10.7. The number of ether oxygens (including phenoxy) is 3. The molecule has 1 aromatic carbocycles. The number of nitrogens with zero attached hydrogens (tertiary/aromatic N) is 2. The second-order valence-electron chi connectivity index (χ2n) is 4.55. The summed E-state index contributed by atoms with van der Waals surface area (Å²) in [6.45, 7) is 2.79. The van der Waals surface area contributed by atoms with Crippen LogP contribution in [0.3, 0.4) is 0 Å². The van der Waals surface area contributed by atoms with Crippen molar-refractivity contribution in [2.45, 2.75) is 19.6 Å². The van der Waals surface area contributed by atoms with Crippen molar-refractivity contribution in [2.75, 3.05) is 13.9 Å². The minimum absolute atomic E-state index is 0.155. The van der Waals surface area contributed by atoms with Gasteiger partial charge in [0, 0.05) is 6.54 Å².